The van der Waals surface area contributed by atoms with E-state index in [9.17, 15) is 14.0 Å². The highest BCUT2D eigenvalue weighted by molar-refractivity contribution is 5.95. The molecule has 6 nitrogen and oxygen atoms in total. The lowest BCUT2D eigenvalue weighted by Gasteiger charge is -2.43. The van der Waals surface area contributed by atoms with Crippen molar-refractivity contribution in [1.82, 2.24) is 20.0 Å². The first-order chi connectivity index (χ1) is 14.5. The van der Waals surface area contributed by atoms with E-state index in [0.717, 1.165) is 44.3 Å². The van der Waals surface area contributed by atoms with E-state index in [4.69, 9.17) is 0 Å². The number of hydrogen-bond acceptors (Lipinski definition) is 3. The molecule has 2 saturated heterocycles. The smallest absolute Gasteiger partial charge is 0.257 e. The maximum atomic E-state index is 14.0. The fourth-order valence-corrected chi connectivity index (χ4v) is 4.89. The molecule has 30 heavy (non-hydrogen) atoms. The van der Waals surface area contributed by atoms with E-state index >= 15 is 0 Å². The van der Waals surface area contributed by atoms with E-state index in [1.54, 1.807) is 24.4 Å². The molecule has 2 aliphatic heterocycles. The average Bonchev–Trinajstić information content (AvgIpc) is 3.21. The van der Waals surface area contributed by atoms with Crippen molar-refractivity contribution in [3.05, 3.63) is 53.1 Å². The van der Waals surface area contributed by atoms with Crippen molar-refractivity contribution in [2.24, 2.45) is 5.92 Å². The van der Waals surface area contributed by atoms with E-state index in [1.807, 2.05) is 16.7 Å². The topological polar surface area (TPSA) is 69.3 Å². The fraction of sp³-hybridized carbons (Fsp3) is 0.522. The molecule has 1 N–H and O–H groups in total. The van der Waals surface area contributed by atoms with Crippen LogP contribution in [0.25, 0.3) is 0 Å². The maximum Gasteiger partial charge on any atom is 0.257 e. The van der Waals surface area contributed by atoms with Gasteiger partial charge in [0, 0.05) is 31.4 Å². The number of carbonyl (C=O) groups is 2. The lowest BCUT2D eigenvalue weighted by atomic mass is 9.83. The monoisotopic (exact) mass is 412 g/mol. The number of nitrogens with one attached hydrogen (secondary N) is 1. The number of hydrogen-bond donors (Lipinski definition) is 1. The Kier molecular flexibility index (Phi) is 6.16. The van der Waals surface area contributed by atoms with Gasteiger partial charge in [-0.1, -0.05) is 18.2 Å². The van der Waals surface area contributed by atoms with E-state index < -0.39 is 0 Å². The van der Waals surface area contributed by atoms with Gasteiger partial charge in [0.05, 0.1) is 18.2 Å². The Morgan fingerprint density at radius 1 is 1.13 bits per heavy atom. The molecule has 0 aliphatic carbocycles. The minimum atomic E-state index is -0.319. The number of carbonyl (C=O) groups excluding carboxylic acids is 2. The Labute approximate surface area is 176 Å². The van der Waals surface area contributed by atoms with Gasteiger partial charge < -0.3 is 9.80 Å². The van der Waals surface area contributed by atoms with Crippen LogP contribution in [0.15, 0.2) is 30.5 Å². The fourth-order valence-electron chi connectivity index (χ4n) is 4.89. The number of benzene rings is 1. The molecule has 7 heteroatoms. The number of H-pyrrole nitrogens is 1. The van der Waals surface area contributed by atoms with Crippen LogP contribution in [0.1, 0.15) is 53.7 Å². The van der Waals surface area contributed by atoms with Crippen molar-refractivity contribution in [2.45, 2.75) is 51.5 Å². The highest BCUT2D eigenvalue weighted by Gasteiger charge is 2.36. The third-order valence-corrected chi connectivity index (χ3v) is 6.60. The molecule has 0 radical (unpaired) electrons. The second kappa shape index (κ2) is 8.98. The van der Waals surface area contributed by atoms with Gasteiger partial charge in [0.25, 0.3) is 5.91 Å². The quantitative estimate of drug-likeness (QED) is 0.838. The Hall–Kier alpha value is -2.70. The molecule has 160 valence electrons. The van der Waals surface area contributed by atoms with Crippen LogP contribution in [0, 0.1) is 18.7 Å². The minimum absolute atomic E-state index is 0.0114. The summed E-state index contributed by atoms with van der Waals surface area (Å²) in [5.74, 6) is 0.0956. The summed E-state index contributed by atoms with van der Waals surface area (Å²) in [5.41, 5.74) is 1.88. The molecular formula is C23H29FN4O2. The SMILES string of the molecule is Cc1[nH]ncc1C(=O)N1CCC([C@H]2CCCCN2C(=O)Cc2ccccc2F)CC1. The number of amides is 2. The number of nitrogens with zero attached hydrogens (tertiary/aromatic N) is 3. The van der Waals surface area contributed by atoms with Crippen molar-refractivity contribution in [3.8, 4) is 0 Å². The molecule has 4 rings (SSSR count). The van der Waals surface area contributed by atoms with Crippen LogP contribution in [0.5, 0.6) is 0 Å². The highest BCUT2D eigenvalue weighted by Crippen LogP contribution is 2.31. The zero-order valence-corrected chi connectivity index (χ0v) is 17.4. The molecule has 2 amide bonds. The molecule has 2 aliphatic rings. The van der Waals surface area contributed by atoms with Crippen LogP contribution in [-0.4, -0.2) is 57.5 Å². The van der Waals surface area contributed by atoms with Crippen molar-refractivity contribution >= 4 is 11.8 Å². The normalized spacial score (nSPS) is 20.4. The lowest BCUT2D eigenvalue weighted by Crippen LogP contribution is -2.51. The summed E-state index contributed by atoms with van der Waals surface area (Å²) in [5, 5.41) is 6.78. The van der Waals surface area contributed by atoms with E-state index in [0.29, 0.717) is 30.1 Å². The first-order valence-electron chi connectivity index (χ1n) is 10.9. The van der Waals surface area contributed by atoms with Gasteiger partial charge in [-0.2, -0.15) is 5.10 Å². The third kappa shape index (κ3) is 4.25. The van der Waals surface area contributed by atoms with Gasteiger partial charge in [-0.05, 0) is 56.6 Å². The van der Waals surface area contributed by atoms with Crippen LogP contribution >= 0.6 is 0 Å². The van der Waals surface area contributed by atoms with Gasteiger partial charge in [-0.15, -0.1) is 0 Å². The number of piperidine rings is 2. The predicted octanol–water partition coefficient (Wildman–Crippen LogP) is 3.33. The molecule has 0 bridgehead atoms. The molecular weight excluding hydrogens is 383 g/mol. The zero-order chi connectivity index (χ0) is 21.1. The zero-order valence-electron chi connectivity index (χ0n) is 17.4. The van der Waals surface area contributed by atoms with Gasteiger partial charge >= 0.3 is 0 Å². The predicted molar refractivity (Wildman–Crippen MR) is 111 cm³/mol. The van der Waals surface area contributed by atoms with Gasteiger partial charge in [-0.3, -0.25) is 14.7 Å². The average molecular weight is 413 g/mol. The Bertz CT molecular complexity index is 904. The summed E-state index contributed by atoms with van der Waals surface area (Å²) in [4.78, 5) is 29.6. The molecule has 0 saturated carbocycles. The minimum Gasteiger partial charge on any atom is -0.339 e. The number of likely N-dealkylation sites (tertiary alicyclic amines) is 2. The lowest BCUT2D eigenvalue weighted by molar-refractivity contribution is -0.136. The van der Waals surface area contributed by atoms with Crippen molar-refractivity contribution in [2.75, 3.05) is 19.6 Å². The van der Waals surface area contributed by atoms with Crippen LogP contribution in [0.4, 0.5) is 4.39 Å². The Balaban J connectivity index is 1.39. The van der Waals surface area contributed by atoms with Crippen molar-refractivity contribution < 1.29 is 14.0 Å². The number of aromatic amines is 1. The van der Waals surface area contributed by atoms with Crippen LogP contribution in [-0.2, 0) is 11.2 Å². The first kappa shape index (κ1) is 20.6. The Morgan fingerprint density at radius 2 is 1.90 bits per heavy atom. The third-order valence-electron chi connectivity index (χ3n) is 6.60. The van der Waals surface area contributed by atoms with Crippen molar-refractivity contribution in [3.63, 3.8) is 0 Å². The molecule has 1 atom stereocenters. The molecule has 2 fully saturated rings. The van der Waals surface area contributed by atoms with Gasteiger partial charge in [-0.25, -0.2) is 4.39 Å². The largest absolute Gasteiger partial charge is 0.339 e. The van der Waals surface area contributed by atoms with Crippen LogP contribution in [0.3, 0.4) is 0 Å². The van der Waals surface area contributed by atoms with E-state index in [1.165, 1.54) is 6.07 Å². The number of aryl methyl sites for hydroxylation is 1. The van der Waals surface area contributed by atoms with Crippen LogP contribution < -0.4 is 0 Å². The summed E-state index contributed by atoms with van der Waals surface area (Å²) in [6.07, 6.45) is 6.57. The molecule has 0 unspecified atom stereocenters. The Morgan fingerprint density at radius 3 is 2.60 bits per heavy atom. The van der Waals surface area contributed by atoms with Gasteiger partial charge in [0.2, 0.25) is 5.91 Å². The second-order valence-corrected chi connectivity index (χ2v) is 8.46. The molecule has 0 spiro atoms. The molecule has 1 aromatic carbocycles. The highest BCUT2D eigenvalue weighted by atomic mass is 19.1. The first-order valence-corrected chi connectivity index (χ1v) is 10.9. The van der Waals surface area contributed by atoms with Crippen LogP contribution in [0.2, 0.25) is 0 Å². The molecule has 2 aromatic rings. The van der Waals surface area contributed by atoms with Gasteiger partial charge in [0.1, 0.15) is 5.82 Å². The van der Waals surface area contributed by atoms with Crippen molar-refractivity contribution in [1.29, 1.82) is 0 Å². The van der Waals surface area contributed by atoms with Gasteiger partial charge in [0.15, 0.2) is 0 Å². The number of rotatable bonds is 4. The molecule has 1 aromatic heterocycles. The summed E-state index contributed by atoms with van der Waals surface area (Å²) < 4.78 is 14.0. The number of halogens is 1. The summed E-state index contributed by atoms with van der Waals surface area (Å²) in [6.45, 7) is 3.99. The standard InChI is InChI=1S/C23H29FN4O2/c1-16-19(15-25-26-16)23(30)27-12-9-17(10-13-27)21-8-4-5-11-28(21)22(29)14-18-6-2-3-7-20(18)24/h2-3,6-7,15,17,21H,4-5,8-14H2,1H3,(H,25,26)/t21-/m1/s1. The second-order valence-electron chi connectivity index (χ2n) is 8.46. The number of aromatic nitrogens is 2. The summed E-state index contributed by atoms with van der Waals surface area (Å²) in [7, 11) is 0. The van der Waals surface area contributed by atoms with E-state index in [-0.39, 0.29) is 30.1 Å². The summed E-state index contributed by atoms with van der Waals surface area (Å²) >= 11 is 0. The molecule has 3 heterocycles. The van der Waals surface area contributed by atoms with E-state index in [2.05, 4.69) is 10.2 Å². The summed E-state index contributed by atoms with van der Waals surface area (Å²) in [6, 6.07) is 6.70. The maximum absolute atomic E-state index is 14.0.